The van der Waals surface area contributed by atoms with Crippen molar-refractivity contribution >= 4 is 52.1 Å². The van der Waals surface area contributed by atoms with Crippen LogP contribution in [-0.2, 0) is 0 Å². The minimum atomic E-state index is -0.364. The summed E-state index contributed by atoms with van der Waals surface area (Å²) in [5.74, 6) is 2.77. The molecule has 0 spiro atoms. The van der Waals surface area contributed by atoms with Crippen LogP contribution in [0.15, 0.2) is 115 Å². The highest BCUT2D eigenvalue weighted by Gasteiger charge is 2.24. The summed E-state index contributed by atoms with van der Waals surface area (Å²) in [6.07, 6.45) is 7.77. The van der Waals surface area contributed by atoms with Crippen LogP contribution >= 0.6 is 0 Å². The molecular formula is C48H37N5O6. The van der Waals surface area contributed by atoms with Gasteiger partial charge in [-0.15, -0.1) is 0 Å². The highest BCUT2D eigenvalue weighted by Crippen LogP contribution is 2.41. The van der Waals surface area contributed by atoms with Gasteiger partial charge in [-0.3, -0.25) is 10.1 Å². The number of nitro groups is 1. The van der Waals surface area contributed by atoms with Gasteiger partial charge in [0.05, 0.1) is 61.7 Å². The molecule has 0 atom stereocenters. The van der Waals surface area contributed by atoms with Crippen molar-refractivity contribution in [3.05, 3.63) is 148 Å². The maximum Gasteiger partial charge on any atom is 0.295 e. The number of aromatic amines is 2. The number of hydrogen-bond acceptors (Lipinski definition) is 8. The number of aromatic nitrogens is 4. The summed E-state index contributed by atoms with van der Waals surface area (Å²) >= 11 is 0. The number of fused-ring (bicyclic) bond motifs is 8. The lowest BCUT2D eigenvalue weighted by Crippen LogP contribution is -1.92. The molecule has 0 aliphatic carbocycles. The quantitative estimate of drug-likeness (QED) is 0.109. The maximum atomic E-state index is 13.1. The van der Waals surface area contributed by atoms with Crippen molar-refractivity contribution in [3.63, 3.8) is 0 Å². The van der Waals surface area contributed by atoms with E-state index in [-0.39, 0.29) is 10.6 Å². The lowest BCUT2D eigenvalue weighted by molar-refractivity contribution is -0.382. The fourth-order valence-corrected chi connectivity index (χ4v) is 7.66. The Morgan fingerprint density at radius 3 is 1.10 bits per heavy atom. The van der Waals surface area contributed by atoms with Crippen molar-refractivity contribution in [2.75, 3.05) is 28.4 Å². The van der Waals surface area contributed by atoms with Crippen LogP contribution in [0.1, 0.15) is 22.8 Å². The molecule has 7 aromatic rings. The summed E-state index contributed by atoms with van der Waals surface area (Å²) in [4.78, 5) is 30.5. The summed E-state index contributed by atoms with van der Waals surface area (Å²) in [6, 6.07) is 36.3. The Morgan fingerprint density at radius 1 is 0.441 bits per heavy atom. The summed E-state index contributed by atoms with van der Waals surface area (Å²) in [5, 5.41) is 13.1. The fraction of sp³-hybridized carbons (Fsp3) is 0.0833. The van der Waals surface area contributed by atoms with E-state index in [1.54, 1.807) is 34.5 Å². The summed E-state index contributed by atoms with van der Waals surface area (Å²) < 4.78 is 22.0. The molecule has 2 N–H and O–H groups in total. The molecule has 2 aliphatic heterocycles. The largest absolute Gasteiger partial charge is 0.497 e. The van der Waals surface area contributed by atoms with Gasteiger partial charge in [0.2, 0.25) is 0 Å². The molecule has 0 amide bonds. The number of ether oxygens (including phenoxy) is 4. The van der Waals surface area contributed by atoms with E-state index in [0.717, 1.165) is 50.3 Å². The highest BCUT2D eigenvalue weighted by atomic mass is 16.6. The molecule has 0 saturated carbocycles. The van der Waals surface area contributed by atoms with Gasteiger partial charge >= 0.3 is 0 Å². The van der Waals surface area contributed by atoms with E-state index in [9.17, 15) is 10.1 Å². The van der Waals surface area contributed by atoms with E-state index >= 15 is 0 Å². The van der Waals surface area contributed by atoms with Crippen LogP contribution in [0.25, 0.3) is 90.9 Å². The van der Waals surface area contributed by atoms with Crippen molar-refractivity contribution in [1.29, 1.82) is 0 Å². The summed E-state index contributed by atoms with van der Waals surface area (Å²) in [5.41, 5.74) is 11.0. The van der Waals surface area contributed by atoms with Crippen LogP contribution in [0.4, 0.5) is 5.69 Å². The first-order valence-electron chi connectivity index (χ1n) is 18.8. The first kappa shape index (κ1) is 36.7. The SMILES string of the molecule is COc1ccc(-c2c3nc(c(-c4ccc(OC)cc4)c4cc([N+](=O)[O-])c([nH]4)c(-c4ccc(OC)cc4)c4nc(c(-c5ccc(OC)cc5)c5ccc2[nH]5)C=C4)C=C3)cc1. The van der Waals surface area contributed by atoms with Crippen molar-refractivity contribution in [2.24, 2.45) is 0 Å². The van der Waals surface area contributed by atoms with Crippen molar-refractivity contribution < 1.29 is 23.9 Å². The Bertz CT molecular complexity index is 2980. The van der Waals surface area contributed by atoms with Crippen molar-refractivity contribution in [3.8, 4) is 67.5 Å². The standard InChI is InChI=1S/C48H37N5O6/c1-56-32-13-5-28(6-14-32)44-36-21-22-37(49-36)45(29-7-15-33(57-2)16-8-29)39-25-26-41(51-39)47(31-11-19-35(59-4)20-12-31)48-43(53(54)55)27-42(52-48)46(40-24-23-38(44)50-40)30-9-17-34(58-3)18-10-30/h5-27,49,52H,1-4H3. The molecule has 11 nitrogen and oxygen atoms in total. The Hall–Kier alpha value is -7.92. The zero-order chi connectivity index (χ0) is 40.6. The van der Waals surface area contributed by atoms with E-state index in [2.05, 4.69) is 16.0 Å². The number of H-pyrrole nitrogens is 2. The topological polar surface area (TPSA) is 137 Å². The molecule has 290 valence electrons. The first-order valence-corrected chi connectivity index (χ1v) is 18.8. The second-order valence-electron chi connectivity index (χ2n) is 13.8. The number of methoxy groups -OCH3 is 4. The Morgan fingerprint density at radius 2 is 0.763 bits per heavy atom. The molecule has 5 heterocycles. The molecule has 0 radical (unpaired) electrons. The zero-order valence-electron chi connectivity index (χ0n) is 32.6. The van der Waals surface area contributed by atoms with Crippen LogP contribution in [0, 0.1) is 10.1 Å². The number of rotatable bonds is 9. The van der Waals surface area contributed by atoms with Crippen LogP contribution in [0.3, 0.4) is 0 Å². The van der Waals surface area contributed by atoms with E-state index in [4.69, 9.17) is 28.9 Å². The minimum Gasteiger partial charge on any atom is -0.497 e. The van der Waals surface area contributed by atoms with Crippen LogP contribution < -0.4 is 18.9 Å². The fourth-order valence-electron chi connectivity index (χ4n) is 7.66. The molecule has 11 heteroatoms. The molecule has 9 rings (SSSR count). The van der Waals surface area contributed by atoms with E-state index in [1.807, 2.05) is 127 Å². The smallest absolute Gasteiger partial charge is 0.295 e. The van der Waals surface area contributed by atoms with Crippen molar-refractivity contribution in [1.82, 2.24) is 19.9 Å². The van der Waals surface area contributed by atoms with Crippen LogP contribution in [-0.4, -0.2) is 53.3 Å². The van der Waals surface area contributed by atoms with E-state index in [0.29, 0.717) is 62.0 Å². The first-order chi connectivity index (χ1) is 28.8. The van der Waals surface area contributed by atoms with Gasteiger partial charge in [0.25, 0.3) is 5.69 Å². The van der Waals surface area contributed by atoms with Crippen LogP contribution in [0.5, 0.6) is 23.0 Å². The summed E-state index contributed by atoms with van der Waals surface area (Å²) in [7, 11) is 6.48. The monoisotopic (exact) mass is 779 g/mol. The molecule has 0 fully saturated rings. The Kier molecular flexibility index (Phi) is 9.46. The maximum absolute atomic E-state index is 13.1. The average Bonchev–Trinajstić information content (AvgIpc) is 4.12. The van der Waals surface area contributed by atoms with E-state index in [1.165, 1.54) is 0 Å². The third-order valence-electron chi connectivity index (χ3n) is 10.6. The third-order valence-corrected chi connectivity index (χ3v) is 10.6. The number of nitrogens with zero attached hydrogens (tertiary/aromatic N) is 3. The average molecular weight is 780 g/mol. The lowest BCUT2D eigenvalue weighted by Gasteiger charge is -2.08. The number of hydrogen-bond donors (Lipinski definition) is 2. The van der Waals surface area contributed by atoms with Gasteiger partial charge in [0.1, 0.15) is 28.5 Å². The van der Waals surface area contributed by atoms with Gasteiger partial charge in [0, 0.05) is 39.4 Å². The van der Waals surface area contributed by atoms with Crippen molar-refractivity contribution in [2.45, 2.75) is 0 Å². The molecule has 2 aliphatic rings. The number of nitrogens with one attached hydrogen (secondary N) is 2. The molecule has 8 bridgehead atoms. The van der Waals surface area contributed by atoms with Gasteiger partial charge in [-0.1, -0.05) is 48.5 Å². The van der Waals surface area contributed by atoms with Gasteiger partial charge in [0.15, 0.2) is 0 Å². The highest BCUT2D eigenvalue weighted by molar-refractivity contribution is 6.02. The van der Waals surface area contributed by atoms with Crippen LogP contribution in [0.2, 0.25) is 0 Å². The second-order valence-corrected chi connectivity index (χ2v) is 13.8. The molecule has 3 aromatic heterocycles. The third kappa shape index (κ3) is 6.74. The Balaban J connectivity index is 1.48. The molecule has 4 aromatic carbocycles. The predicted octanol–water partition coefficient (Wildman–Crippen LogP) is 11.3. The Labute approximate surface area is 339 Å². The lowest BCUT2D eigenvalue weighted by atomic mass is 10.0. The van der Waals surface area contributed by atoms with Gasteiger partial charge in [-0.25, -0.2) is 9.97 Å². The molecule has 59 heavy (non-hydrogen) atoms. The van der Waals surface area contributed by atoms with Gasteiger partial charge < -0.3 is 28.9 Å². The summed E-state index contributed by atoms with van der Waals surface area (Å²) in [6.45, 7) is 0. The predicted molar refractivity (Wildman–Crippen MR) is 233 cm³/mol. The normalized spacial score (nSPS) is 11.7. The molecule has 0 saturated heterocycles. The van der Waals surface area contributed by atoms with Gasteiger partial charge in [-0.05, 0) is 107 Å². The van der Waals surface area contributed by atoms with Gasteiger partial charge in [-0.2, -0.15) is 0 Å². The minimum absolute atomic E-state index is 0.115. The molecular weight excluding hydrogens is 743 g/mol. The number of benzene rings is 4. The molecule has 0 unspecified atom stereocenters. The zero-order valence-corrected chi connectivity index (χ0v) is 32.6. The van der Waals surface area contributed by atoms with E-state index < -0.39 is 0 Å². The second kappa shape index (κ2) is 15.2.